The topological polar surface area (TPSA) is 48.1 Å². The van der Waals surface area contributed by atoms with Crippen LogP contribution in [0.4, 0.5) is 10.1 Å². The number of rotatable bonds is 2. The Morgan fingerprint density at radius 2 is 1.85 bits per heavy atom. The first kappa shape index (κ1) is 12.4. The zero-order chi connectivity index (χ0) is 14.1. The zero-order valence-corrected chi connectivity index (χ0v) is 10.9. The largest absolute Gasteiger partial charge is 0.494 e. The molecule has 0 aliphatic rings. The van der Waals surface area contributed by atoms with Crippen molar-refractivity contribution in [2.75, 3.05) is 12.8 Å². The average Bonchev–Trinajstić information content (AvgIpc) is 2.47. The van der Waals surface area contributed by atoms with Gasteiger partial charge in [-0.15, -0.1) is 0 Å². The summed E-state index contributed by atoms with van der Waals surface area (Å²) in [6, 6.07) is 14.3. The van der Waals surface area contributed by atoms with E-state index >= 15 is 0 Å². The van der Waals surface area contributed by atoms with Crippen molar-refractivity contribution in [3.8, 4) is 17.0 Å². The molecule has 0 bridgehead atoms. The van der Waals surface area contributed by atoms with Crippen molar-refractivity contribution in [2.24, 2.45) is 0 Å². The molecule has 0 amide bonds. The van der Waals surface area contributed by atoms with Crippen LogP contribution in [0, 0.1) is 5.82 Å². The third-order valence-corrected chi connectivity index (χ3v) is 3.17. The Morgan fingerprint density at radius 3 is 2.55 bits per heavy atom. The second kappa shape index (κ2) is 4.81. The number of nitrogens with zero attached hydrogens (tertiary/aromatic N) is 1. The summed E-state index contributed by atoms with van der Waals surface area (Å²) in [5.74, 6) is -0.248. The Labute approximate surface area is 115 Å². The number of halogens is 1. The van der Waals surface area contributed by atoms with Crippen molar-refractivity contribution in [1.29, 1.82) is 0 Å². The van der Waals surface area contributed by atoms with Crippen LogP contribution in [0.1, 0.15) is 0 Å². The Balaban J connectivity index is 2.24. The molecule has 1 aromatic heterocycles. The van der Waals surface area contributed by atoms with Crippen molar-refractivity contribution in [1.82, 2.24) is 4.98 Å². The van der Waals surface area contributed by atoms with Crippen LogP contribution < -0.4 is 10.5 Å². The number of pyridine rings is 1. The summed E-state index contributed by atoms with van der Waals surface area (Å²) in [4.78, 5) is 4.46. The molecule has 3 aromatic rings. The highest BCUT2D eigenvalue weighted by Gasteiger charge is 2.10. The van der Waals surface area contributed by atoms with Crippen molar-refractivity contribution < 1.29 is 9.13 Å². The minimum atomic E-state index is -0.434. The molecule has 0 atom stereocenters. The van der Waals surface area contributed by atoms with Crippen LogP contribution in [0.2, 0.25) is 0 Å². The van der Waals surface area contributed by atoms with Crippen LogP contribution in [0.3, 0.4) is 0 Å². The van der Waals surface area contributed by atoms with Gasteiger partial charge in [0, 0.05) is 17.0 Å². The number of anilines is 1. The molecule has 0 aliphatic heterocycles. The first-order valence-corrected chi connectivity index (χ1v) is 6.18. The van der Waals surface area contributed by atoms with Crippen LogP contribution in [0.5, 0.6) is 5.75 Å². The summed E-state index contributed by atoms with van der Waals surface area (Å²) in [6.45, 7) is 0. The highest BCUT2D eigenvalue weighted by atomic mass is 19.1. The monoisotopic (exact) mass is 268 g/mol. The molecule has 0 spiro atoms. The normalized spacial score (nSPS) is 10.7. The van der Waals surface area contributed by atoms with Crippen molar-refractivity contribution in [2.45, 2.75) is 0 Å². The number of ether oxygens (including phenoxy) is 1. The van der Waals surface area contributed by atoms with E-state index in [1.165, 1.54) is 13.2 Å². The molecule has 20 heavy (non-hydrogen) atoms. The number of fused-ring (bicyclic) bond motifs is 1. The third kappa shape index (κ3) is 2.05. The van der Waals surface area contributed by atoms with Gasteiger partial charge >= 0.3 is 0 Å². The number of benzene rings is 2. The van der Waals surface area contributed by atoms with E-state index in [0.29, 0.717) is 16.9 Å². The lowest BCUT2D eigenvalue weighted by molar-refractivity contribution is 0.387. The molecule has 100 valence electrons. The molecule has 0 unspecified atom stereocenters. The summed E-state index contributed by atoms with van der Waals surface area (Å²) in [6.07, 6.45) is 0. The highest BCUT2D eigenvalue weighted by molar-refractivity contribution is 5.89. The van der Waals surface area contributed by atoms with Gasteiger partial charge in [0.05, 0.1) is 24.0 Å². The van der Waals surface area contributed by atoms with Gasteiger partial charge in [-0.3, -0.25) is 0 Å². The van der Waals surface area contributed by atoms with Crippen LogP contribution >= 0.6 is 0 Å². The van der Waals surface area contributed by atoms with E-state index in [4.69, 9.17) is 10.5 Å². The Bertz CT molecular complexity index is 772. The molecular formula is C16H13FN2O. The molecule has 2 N–H and O–H groups in total. The lowest BCUT2D eigenvalue weighted by Crippen LogP contribution is -1.96. The van der Waals surface area contributed by atoms with Crippen LogP contribution in [-0.2, 0) is 0 Å². The van der Waals surface area contributed by atoms with Gasteiger partial charge in [-0.2, -0.15) is 0 Å². The number of methoxy groups -OCH3 is 1. The Hall–Kier alpha value is -2.62. The molecular weight excluding hydrogens is 255 g/mol. The molecule has 3 rings (SSSR count). The molecule has 0 radical (unpaired) electrons. The van der Waals surface area contributed by atoms with E-state index < -0.39 is 5.82 Å². The first-order chi connectivity index (χ1) is 9.69. The summed E-state index contributed by atoms with van der Waals surface area (Å²) < 4.78 is 18.7. The van der Waals surface area contributed by atoms with Crippen molar-refractivity contribution >= 4 is 16.6 Å². The van der Waals surface area contributed by atoms with Gasteiger partial charge in [0.1, 0.15) is 0 Å². The van der Waals surface area contributed by atoms with Crippen LogP contribution in [-0.4, -0.2) is 12.1 Å². The maximum atomic E-state index is 13.8. The maximum Gasteiger partial charge on any atom is 0.167 e. The standard InChI is InChI=1S/C16H13FN2O/c1-20-15-8-11-7-13(18)16(10-5-3-2-4-6-10)19-14(11)9-12(15)17/h2-9H,18H2,1H3. The van der Waals surface area contributed by atoms with Crippen molar-refractivity contribution in [3.05, 3.63) is 54.3 Å². The van der Waals surface area contributed by atoms with E-state index in [1.807, 2.05) is 30.3 Å². The Kier molecular flexibility index (Phi) is 2.99. The lowest BCUT2D eigenvalue weighted by atomic mass is 10.1. The lowest BCUT2D eigenvalue weighted by Gasteiger charge is -2.09. The smallest absolute Gasteiger partial charge is 0.167 e. The van der Waals surface area contributed by atoms with E-state index in [1.54, 1.807) is 12.1 Å². The molecule has 2 aromatic carbocycles. The molecule has 3 nitrogen and oxygen atoms in total. The predicted molar refractivity (Wildman–Crippen MR) is 78.1 cm³/mol. The average molecular weight is 268 g/mol. The van der Waals surface area contributed by atoms with Gasteiger partial charge in [0.15, 0.2) is 11.6 Å². The highest BCUT2D eigenvalue weighted by Crippen LogP contribution is 2.30. The number of nitrogens with two attached hydrogens (primary N) is 1. The van der Waals surface area contributed by atoms with E-state index in [0.717, 1.165) is 10.9 Å². The number of hydrogen-bond acceptors (Lipinski definition) is 3. The Morgan fingerprint density at radius 1 is 1.10 bits per heavy atom. The van der Waals surface area contributed by atoms with Gasteiger partial charge in [0.25, 0.3) is 0 Å². The van der Waals surface area contributed by atoms with Gasteiger partial charge in [0.2, 0.25) is 0 Å². The van der Waals surface area contributed by atoms with Gasteiger partial charge in [-0.1, -0.05) is 30.3 Å². The fourth-order valence-corrected chi connectivity index (χ4v) is 2.18. The fraction of sp³-hybridized carbons (Fsp3) is 0.0625. The molecule has 0 fully saturated rings. The first-order valence-electron chi connectivity index (χ1n) is 6.18. The fourth-order valence-electron chi connectivity index (χ4n) is 2.18. The van der Waals surface area contributed by atoms with Gasteiger partial charge < -0.3 is 10.5 Å². The minimum absolute atomic E-state index is 0.186. The van der Waals surface area contributed by atoms with Crippen LogP contribution in [0.15, 0.2) is 48.5 Å². The van der Waals surface area contributed by atoms with E-state index in [2.05, 4.69) is 4.98 Å². The van der Waals surface area contributed by atoms with Gasteiger partial charge in [-0.25, -0.2) is 9.37 Å². The summed E-state index contributed by atoms with van der Waals surface area (Å²) in [5.41, 5.74) is 8.72. The minimum Gasteiger partial charge on any atom is -0.494 e. The summed E-state index contributed by atoms with van der Waals surface area (Å²) in [5, 5.41) is 0.750. The van der Waals surface area contributed by atoms with Crippen LogP contribution in [0.25, 0.3) is 22.2 Å². The maximum absolute atomic E-state index is 13.8. The number of nitrogen functional groups attached to an aromatic ring is 1. The van der Waals surface area contributed by atoms with Crippen molar-refractivity contribution in [3.63, 3.8) is 0 Å². The summed E-state index contributed by atoms with van der Waals surface area (Å²) >= 11 is 0. The number of hydrogen-bond donors (Lipinski definition) is 1. The molecule has 0 aliphatic carbocycles. The SMILES string of the molecule is COc1cc2cc(N)c(-c3ccccc3)nc2cc1F. The van der Waals surface area contributed by atoms with E-state index in [9.17, 15) is 4.39 Å². The molecule has 4 heteroatoms. The third-order valence-electron chi connectivity index (χ3n) is 3.17. The second-order valence-corrected chi connectivity index (χ2v) is 4.47. The second-order valence-electron chi connectivity index (χ2n) is 4.47. The number of aromatic nitrogens is 1. The zero-order valence-electron chi connectivity index (χ0n) is 10.9. The molecule has 0 saturated heterocycles. The summed E-state index contributed by atoms with van der Waals surface area (Å²) in [7, 11) is 1.43. The molecule has 1 heterocycles. The molecule has 0 saturated carbocycles. The van der Waals surface area contributed by atoms with E-state index in [-0.39, 0.29) is 5.75 Å². The predicted octanol–water partition coefficient (Wildman–Crippen LogP) is 3.63. The quantitative estimate of drug-likeness (QED) is 0.772. The van der Waals surface area contributed by atoms with Gasteiger partial charge in [-0.05, 0) is 12.1 Å².